The first-order chi connectivity index (χ1) is 14.3. The maximum atomic E-state index is 12.9. The second kappa shape index (κ2) is 7.62. The van der Waals surface area contributed by atoms with Crippen molar-refractivity contribution in [2.75, 3.05) is 18.9 Å². The number of aromatic nitrogens is 3. The number of anilines is 1. The molecule has 0 unspecified atom stereocenters. The number of imidazole rings is 1. The Bertz CT molecular complexity index is 1340. The first-order valence-electron chi connectivity index (χ1n) is 8.94. The summed E-state index contributed by atoms with van der Waals surface area (Å²) in [6.45, 7) is 1.83. The maximum Gasteiger partial charge on any atom is 0.280 e. The fourth-order valence-corrected chi connectivity index (χ4v) is 5.25. The van der Waals surface area contributed by atoms with Gasteiger partial charge in [-0.1, -0.05) is 6.07 Å². The second-order valence-corrected chi connectivity index (χ2v) is 9.18. The van der Waals surface area contributed by atoms with Gasteiger partial charge in [0.25, 0.3) is 10.0 Å². The van der Waals surface area contributed by atoms with Crippen LogP contribution in [0, 0.1) is 6.92 Å². The minimum Gasteiger partial charge on any atom is -0.493 e. The van der Waals surface area contributed by atoms with Gasteiger partial charge in [0.1, 0.15) is 4.83 Å². The molecule has 4 aromatic rings. The summed E-state index contributed by atoms with van der Waals surface area (Å²) in [7, 11) is 1.02. The van der Waals surface area contributed by atoms with E-state index in [0.29, 0.717) is 22.9 Å². The molecule has 0 fully saturated rings. The van der Waals surface area contributed by atoms with Gasteiger partial charge >= 0.3 is 0 Å². The van der Waals surface area contributed by atoms with E-state index in [1.54, 1.807) is 31.9 Å². The lowest BCUT2D eigenvalue weighted by atomic mass is 10.0. The molecule has 0 spiro atoms. The highest BCUT2D eigenvalue weighted by molar-refractivity contribution is 7.92. The number of fused-ring (bicyclic) bond motifs is 1. The van der Waals surface area contributed by atoms with Crippen molar-refractivity contribution in [2.24, 2.45) is 7.05 Å². The van der Waals surface area contributed by atoms with Crippen molar-refractivity contribution < 1.29 is 17.9 Å². The van der Waals surface area contributed by atoms with Gasteiger partial charge in [-0.15, -0.1) is 11.3 Å². The number of rotatable bonds is 6. The van der Waals surface area contributed by atoms with Crippen LogP contribution in [0.2, 0.25) is 0 Å². The summed E-state index contributed by atoms with van der Waals surface area (Å²) in [5.41, 5.74) is 2.88. The lowest BCUT2D eigenvalue weighted by molar-refractivity contribution is 0.355. The Balaban J connectivity index is 1.87. The molecule has 0 radical (unpaired) electrons. The summed E-state index contributed by atoms with van der Waals surface area (Å²) in [5.74, 6) is 1.20. The van der Waals surface area contributed by atoms with Crippen LogP contribution in [0.3, 0.4) is 0 Å². The Kier molecular flexibility index (Phi) is 5.12. The Morgan fingerprint density at radius 3 is 2.57 bits per heavy atom. The molecule has 3 heterocycles. The number of aryl methyl sites for hydroxylation is 2. The molecule has 1 N–H and O–H groups in total. The van der Waals surface area contributed by atoms with Crippen LogP contribution < -0.4 is 14.2 Å². The molecule has 3 aromatic heterocycles. The summed E-state index contributed by atoms with van der Waals surface area (Å²) in [6.07, 6.45) is 2.90. The Morgan fingerprint density at radius 2 is 1.90 bits per heavy atom. The molecule has 0 aliphatic heterocycles. The monoisotopic (exact) mass is 444 g/mol. The first-order valence-corrected chi connectivity index (χ1v) is 11.3. The molecule has 30 heavy (non-hydrogen) atoms. The molecular formula is C20H20N4O4S2. The molecule has 0 amide bonds. The van der Waals surface area contributed by atoms with Crippen molar-refractivity contribution in [3.63, 3.8) is 0 Å². The quantitative estimate of drug-likeness (QED) is 0.486. The van der Waals surface area contributed by atoms with Gasteiger partial charge < -0.3 is 14.0 Å². The number of benzene rings is 1. The van der Waals surface area contributed by atoms with E-state index in [1.165, 1.54) is 23.9 Å². The summed E-state index contributed by atoms with van der Waals surface area (Å²) < 4.78 is 40.8. The van der Waals surface area contributed by atoms with Gasteiger partial charge in [-0.3, -0.25) is 4.72 Å². The Morgan fingerprint density at radius 1 is 1.13 bits per heavy atom. The predicted octanol–water partition coefficient (Wildman–Crippen LogP) is 3.82. The van der Waals surface area contributed by atoms with Crippen LogP contribution in [0.25, 0.3) is 21.3 Å². The van der Waals surface area contributed by atoms with Crippen molar-refractivity contribution in [2.45, 2.75) is 11.9 Å². The summed E-state index contributed by atoms with van der Waals surface area (Å²) in [6, 6.07) is 7.30. The van der Waals surface area contributed by atoms with E-state index < -0.39 is 10.0 Å². The van der Waals surface area contributed by atoms with Crippen LogP contribution in [-0.4, -0.2) is 37.2 Å². The largest absolute Gasteiger partial charge is 0.493 e. The second-order valence-electron chi connectivity index (χ2n) is 6.69. The van der Waals surface area contributed by atoms with Gasteiger partial charge in [-0.2, -0.15) is 8.42 Å². The molecule has 0 atom stereocenters. The van der Waals surface area contributed by atoms with Crippen LogP contribution in [0.5, 0.6) is 11.5 Å². The summed E-state index contributed by atoms with van der Waals surface area (Å²) in [4.78, 5) is 9.27. The van der Waals surface area contributed by atoms with Crippen molar-refractivity contribution >= 4 is 37.3 Å². The molecule has 10 heteroatoms. The third-order valence-electron chi connectivity index (χ3n) is 4.57. The SMILES string of the molecule is COc1ccc(-c2csc3nc(C)cc(NS(=O)(=O)c4cn(C)cn4)c23)cc1OC. The molecule has 0 saturated heterocycles. The van der Waals surface area contributed by atoms with E-state index in [4.69, 9.17) is 9.47 Å². The molecule has 0 aliphatic rings. The lowest BCUT2D eigenvalue weighted by Crippen LogP contribution is -2.14. The van der Waals surface area contributed by atoms with Gasteiger partial charge in [0.15, 0.2) is 16.5 Å². The topological polar surface area (TPSA) is 95.3 Å². The van der Waals surface area contributed by atoms with Crippen molar-refractivity contribution in [1.82, 2.24) is 14.5 Å². The highest BCUT2D eigenvalue weighted by Crippen LogP contribution is 2.41. The number of methoxy groups -OCH3 is 2. The molecule has 156 valence electrons. The minimum atomic E-state index is -3.85. The van der Waals surface area contributed by atoms with Crippen LogP contribution in [0.4, 0.5) is 5.69 Å². The third kappa shape index (κ3) is 3.59. The Hall–Kier alpha value is -3.11. The van der Waals surface area contributed by atoms with Crippen LogP contribution in [0.1, 0.15) is 5.69 Å². The van der Waals surface area contributed by atoms with E-state index in [1.807, 2.05) is 30.5 Å². The zero-order valence-corrected chi connectivity index (χ0v) is 18.5. The standard InChI is InChI=1S/C20H20N4O4S2/c1-12-7-15(23-30(25,26)18-9-24(2)11-21-18)19-14(10-29-20(19)22-12)13-5-6-16(27-3)17(8-13)28-4/h5-11H,1-4H3,(H,22,23). The predicted molar refractivity (Wildman–Crippen MR) is 117 cm³/mol. The van der Waals surface area contributed by atoms with Crippen molar-refractivity contribution in [3.05, 3.63) is 47.9 Å². The van der Waals surface area contributed by atoms with E-state index in [0.717, 1.165) is 21.3 Å². The molecule has 0 saturated carbocycles. The first kappa shape index (κ1) is 20.2. The van der Waals surface area contributed by atoms with Crippen molar-refractivity contribution in [3.8, 4) is 22.6 Å². The highest BCUT2D eigenvalue weighted by atomic mass is 32.2. The average Bonchev–Trinajstić information content (AvgIpc) is 3.34. The van der Waals surface area contributed by atoms with Gasteiger partial charge in [0.2, 0.25) is 0 Å². The minimum absolute atomic E-state index is 0.0458. The van der Waals surface area contributed by atoms with E-state index in [9.17, 15) is 8.42 Å². The lowest BCUT2D eigenvalue weighted by Gasteiger charge is -2.12. The molecular weight excluding hydrogens is 424 g/mol. The fraction of sp³-hybridized carbons (Fsp3) is 0.200. The number of nitrogens with one attached hydrogen (secondary N) is 1. The smallest absolute Gasteiger partial charge is 0.280 e. The van der Waals surface area contributed by atoms with Gasteiger partial charge in [0, 0.05) is 35.3 Å². The number of ether oxygens (including phenoxy) is 2. The van der Waals surface area contributed by atoms with E-state index >= 15 is 0 Å². The fourth-order valence-electron chi connectivity index (χ4n) is 3.19. The van der Waals surface area contributed by atoms with Gasteiger partial charge in [0.05, 0.1) is 26.2 Å². The summed E-state index contributed by atoms with van der Waals surface area (Å²) in [5, 5.41) is 2.63. The highest BCUT2D eigenvalue weighted by Gasteiger charge is 2.21. The molecule has 0 aliphatic carbocycles. The molecule has 0 bridgehead atoms. The van der Waals surface area contributed by atoms with Crippen LogP contribution >= 0.6 is 11.3 Å². The number of thiophene rings is 1. The summed E-state index contributed by atoms with van der Waals surface area (Å²) >= 11 is 1.45. The van der Waals surface area contributed by atoms with Crippen molar-refractivity contribution in [1.29, 1.82) is 0 Å². The Labute approximate surface area is 178 Å². The zero-order valence-electron chi connectivity index (χ0n) is 16.8. The van der Waals surface area contributed by atoms with Crippen LogP contribution in [0.15, 0.2) is 47.2 Å². The number of nitrogens with zero attached hydrogens (tertiary/aromatic N) is 3. The molecule has 4 rings (SSSR count). The number of hydrogen-bond donors (Lipinski definition) is 1. The zero-order chi connectivity index (χ0) is 21.5. The number of pyridine rings is 1. The third-order valence-corrected chi connectivity index (χ3v) is 6.69. The maximum absolute atomic E-state index is 12.9. The van der Waals surface area contributed by atoms with Crippen LogP contribution in [-0.2, 0) is 17.1 Å². The molecule has 8 nitrogen and oxygen atoms in total. The van der Waals surface area contributed by atoms with Gasteiger partial charge in [-0.25, -0.2) is 9.97 Å². The van der Waals surface area contributed by atoms with E-state index in [-0.39, 0.29) is 5.03 Å². The number of hydrogen-bond acceptors (Lipinski definition) is 7. The molecule has 1 aromatic carbocycles. The van der Waals surface area contributed by atoms with Gasteiger partial charge in [-0.05, 0) is 30.7 Å². The number of sulfonamides is 1. The average molecular weight is 445 g/mol. The van der Waals surface area contributed by atoms with E-state index in [2.05, 4.69) is 14.7 Å². The normalized spacial score (nSPS) is 11.6.